The molecule has 0 aliphatic rings. The van der Waals surface area contributed by atoms with Crippen LogP contribution < -0.4 is 19.6 Å². The molecule has 196 valence electrons. The van der Waals surface area contributed by atoms with Crippen LogP contribution in [0, 0.1) is 0 Å². The molecule has 37 heavy (non-hydrogen) atoms. The van der Waals surface area contributed by atoms with Crippen LogP contribution in [0.2, 0.25) is 0 Å². The van der Waals surface area contributed by atoms with Crippen molar-refractivity contribution in [3.05, 3.63) is 82.3 Å². The van der Waals surface area contributed by atoms with Gasteiger partial charge in [-0.25, -0.2) is 13.8 Å². The van der Waals surface area contributed by atoms with E-state index >= 15 is 0 Å². The van der Waals surface area contributed by atoms with Gasteiger partial charge in [0.05, 0.1) is 39.0 Å². The van der Waals surface area contributed by atoms with Crippen molar-refractivity contribution in [1.82, 2.24) is 9.73 Å². The van der Waals surface area contributed by atoms with E-state index in [2.05, 4.69) is 26.5 Å². The molecule has 0 radical (unpaired) electrons. The number of halogens is 1. The lowest BCUT2D eigenvalue weighted by atomic mass is 10.1. The lowest BCUT2D eigenvalue weighted by Crippen LogP contribution is -2.40. The molecule has 1 amide bonds. The van der Waals surface area contributed by atoms with E-state index in [4.69, 9.17) is 14.2 Å². The Morgan fingerprint density at radius 3 is 2.16 bits per heavy atom. The molecule has 3 rings (SSSR count). The molecule has 1 N–H and O–H groups in total. The van der Waals surface area contributed by atoms with E-state index in [9.17, 15) is 13.2 Å². The fraction of sp³-hybridized carbons (Fsp3) is 0.231. The van der Waals surface area contributed by atoms with Gasteiger partial charge in [-0.3, -0.25) is 4.79 Å². The van der Waals surface area contributed by atoms with Crippen molar-refractivity contribution in [2.24, 2.45) is 5.10 Å². The standard InChI is InChI=1S/C26H28BrN3O6S/c1-34-23-15-20(16-24(35-2)26(23)36-3)17-28-29-25(31)18-30(14-13-19-7-5-4-6-8-19)37(32,33)22-11-9-21(27)10-12-22/h4-12,15-17H,13-14,18H2,1-3H3,(H,29,31)/b28-17-. The van der Waals surface area contributed by atoms with E-state index in [1.54, 1.807) is 24.3 Å². The molecule has 0 heterocycles. The molecule has 0 fully saturated rings. The third-order valence-electron chi connectivity index (χ3n) is 5.35. The van der Waals surface area contributed by atoms with E-state index in [1.807, 2.05) is 30.3 Å². The minimum atomic E-state index is -3.93. The van der Waals surface area contributed by atoms with Crippen LogP contribution in [0.3, 0.4) is 0 Å². The number of carbonyl (C=O) groups is 1. The topological polar surface area (TPSA) is 107 Å². The molecule has 9 nitrogen and oxygen atoms in total. The monoisotopic (exact) mass is 589 g/mol. The zero-order chi connectivity index (χ0) is 26.8. The summed E-state index contributed by atoms with van der Waals surface area (Å²) < 4.78 is 44.5. The number of rotatable bonds is 12. The second-order valence-corrected chi connectivity index (χ2v) is 10.6. The Kier molecular flexibility index (Phi) is 10.1. The largest absolute Gasteiger partial charge is 0.493 e. The molecule has 0 bridgehead atoms. The lowest BCUT2D eigenvalue weighted by molar-refractivity contribution is -0.121. The van der Waals surface area contributed by atoms with Crippen LogP contribution in [-0.4, -0.2) is 59.3 Å². The second kappa shape index (κ2) is 13.2. The number of nitrogens with one attached hydrogen (secondary N) is 1. The molecule has 0 atom stereocenters. The minimum Gasteiger partial charge on any atom is -0.493 e. The number of methoxy groups -OCH3 is 3. The zero-order valence-corrected chi connectivity index (χ0v) is 23.1. The summed E-state index contributed by atoms with van der Waals surface area (Å²) in [6.45, 7) is -0.287. The number of hydrogen-bond donors (Lipinski definition) is 1. The average molecular weight is 590 g/mol. The highest BCUT2D eigenvalue weighted by molar-refractivity contribution is 9.10. The van der Waals surface area contributed by atoms with Gasteiger partial charge in [0.2, 0.25) is 15.8 Å². The molecule has 0 aromatic heterocycles. The number of hydrazone groups is 1. The summed E-state index contributed by atoms with van der Waals surface area (Å²) in [6, 6.07) is 19.1. The van der Waals surface area contributed by atoms with Crippen LogP contribution in [0.1, 0.15) is 11.1 Å². The van der Waals surface area contributed by atoms with Crippen LogP contribution >= 0.6 is 15.9 Å². The quantitative estimate of drug-likeness (QED) is 0.254. The van der Waals surface area contributed by atoms with Crippen molar-refractivity contribution in [2.75, 3.05) is 34.4 Å². The molecule has 0 aliphatic carbocycles. The maximum Gasteiger partial charge on any atom is 0.255 e. The molecule has 3 aromatic carbocycles. The predicted octanol–water partition coefficient (Wildman–Crippen LogP) is 3.86. The summed E-state index contributed by atoms with van der Waals surface area (Å²) in [4.78, 5) is 12.8. The first-order valence-corrected chi connectivity index (χ1v) is 13.4. The fourth-order valence-electron chi connectivity index (χ4n) is 3.49. The third kappa shape index (κ3) is 7.54. The molecule has 0 saturated carbocycles. The van der Waals surface area contributed by atoms with Gasteiger partial charge in [0.1, 0.15) is 0 Å². The molecule has 0 spiro atoms. The highest BCUT2D eigenvalue weighted by Gasteiger charge is 2.26. The van der Waals surface area contributed by atoms with Crippen molar-refractivity contribution in [2.45, 2.75) is 11.3 Å². The van der Waals surface area contributed by atoms with Gasteiger partial charge in [-0.15, -0.1) is 0 Å². The first-order valence-electron chi connectivity index (χ1n) is 11.2. The van der Waals surface area contributed by atoms with Crippen LogP contribution in [0.5, 0.6) is 17.2 Å². The van der Waals surface area contributed by atoms with Gasteiger partial charge in [0.25, 0.3) is 5.91 Å². The third-order valence-corrected chi connectivity index (χ3v) is 7.74. The molecule has 3 aromatic rings. The predicted molar refractivity (Wildman–Crippen MR) is 145 cm³/mol. The second-order valence-electron chi connectivity index (χ2n) is 7.78. The molecule has 0 saturated heterocycles. The van der Waals surface area contributed by atoms with Crippen molar-refractivity contribution in [3.8, 4) is 17.2 Å². The highest BCUT2D eigenvalue weighted by atomic mass is 79.9. The number of benzene rings is 3. The first kappa shape index (κ1) is 28.2. The number of ether oxygens (including phenoxy) is 3. The maximum atomic E-state index is 13.3. The molecular formula is C26H28BrN3O6S. The molecular weight excluding hydrogens is 562 g/mol. The summed E-state index contributed by atoms with van der Waals surface area (Å²) >= 11 is 3.31. The highest BCUT2D eigenvalue weighted by Crippen LogP contribution is 2.37. The maximum absolute atomic E-state index is 13.3. The Labute approximate surface area is 225 Å². The van der Waals surface area contributed by atoms with Crippen LogP contribution in [0.15, 0.2) is 81.2 Å². The Morgan fingerprint density at radius 1 is 0.973 bits per heavy atom. The average Bonchev–Trinajstić information content (AvgIpc) is 2.91. The Morgan fingerprint density at radius 2 is 1.59 bits per heavy atom. The number of sulfonamides is 1. The summed E-state index contributed by atoms with van der Waals surface area (Å²) in [5.74, 6) is 0.709. The minimum absolute atomic E-state index is 0.0949. The van der Waals surface area contributed by atoms with Crippen LogP contribution in [0.4, 0.5) is 0 Å². The van der Waals surface area contributed by atoms with Crippen molar-refractivity contribution in [1.29, 1.82) is 0 Å². The summed E-state index contributed by atoms with van der Waals surface area (Å²) in [5.41, 5.74) is 3.94. The van der Waals surface area contributed by atoms with Crippen LogP contribution in [-0.2, 0) is 21.2 Å². The van der Waals surface area contributed by atoms with E-state index in [0.717, 1.165) is 14.3 Å². The Bertz CT molecular complexity index is 1310. The van der Waals surface area contributed by atoms with E-state index in [1.165, 1.54) is 39.7 Å². The number of carbonyl (C=O) groups excluding carboxylic acids is 1. The van der Waals surface area contributed by atoms with E-state index in [0.29, 0.717) is 29.2 Å². The summed E-state index contributed by atoms with van der Waals surface area (Å²) in [7, 11) is 0.559. The van der Waals surface area contributed by atoms with Gasteiger partial charge in [-0.05, 0) is 48.4 Å². The van der Waals surface area contributed by atoms with Gasteiger partial charge in [-0.1, -0.05) is 46.3 Å². The SMILES string of the molecule is COc1cc(/C=N\NC(=O)CN(CCc2ccccc2)S(=O)(=O)c2ccc(Br)cc2)cc(OC)c1OC. The summed E-state index contributed by atoms with van der Waals surface area (Å²) in [5, 5.41) is 3.98. The van der Waals surface area contributed by atoms with E-state index < -0.39 is 22.5 Å². The molecule has 11 heteroatoms. The smallest absolute Gasteiger partial charge is 0.255 e. The van der Waals surface area contributed by atoms with Gasteiger partial charge >= 0.3 is 0 Å². The van der Waals surface area contributed by atoms with Gasteiger partial charge < -0.3 is 14.2 Å². The van der Waals surface area contributed by atoms with Gasteiger partial charge in [0, 0.05) is 16.6 Å². The summed E-state index contributed by atoms with van der Waals surface area (Å²) in [6.07, 6.45) is 1.85. The van der Waals surface area contributed by atoms with Crippen molar-refractivity contribution in [3.63, 3.8) is 0 Å². The van der Waals surface area contributed by atoms with Gasteiger partial charge in [-0.2, -0.15) is 9.41 Å². The van der Waals surface area contributed by atoms with Gasteiger partial charge in [0.15, 0.2) is 11.5 Å². The van der Waals surface area contributed by atoms with Crippen LogP contribution in [0.25, 0.3) is 0 Å². The Hall–Kier alpha value is -3.41. The molecule has 0 aliphatic heterocycles. The van der Waals surface area contributed by atoms with Crippen molar-refractivity contribution < 1.29 is 27.4 Å². The normalized spacial score (nSPS) is 11.5. The lowest BCUT2D eigenvalue weighted by Gasteiger charge is -2.21. The fourth-order valence-corrected chi connectivity index (χ4v) is 5.15. The zero-order valence-electron chi connectivity index (χ0n) is 20.7. The molecule has 0 unspecified atom stereocenters. The van der Waals surface area contributed by atoms with Crippen molar-refractivity contribution >= 4 is 38.1 Å². The van der Waals surface area contributed by atoms with E-state index in [-0.39, 0.29) is 11.4 Å². The first-order chi connectivity index (χ1) is 17.8. The number of nitrogens with zero attached hydrogens (tertiary/aromatic N) is 2. The Balaban J connectivity index is 1.76. The number of hydrogen-bond acceptors (Lipinski definition) is 7. The number of amides is 1.